The quantitative estimate of drug-likeness (QED) is 0.893. The fourth-order valence-electron chi connectivity index (χ4n) is 2.51. The smallest absolute Gasteiger partial charge is 0.224 e. The van der Waals surface area contributed by atoms with Gasteiger partial charge in [-0.05, 0) is 29.7 Å². The second kappa shape index (κ2) is 5.26. The van der Waals surface area contributed by atoms with Crippen LogP contribution in [0.4, 0.5) is 14.5 Å². The molecule has 0 bridgehead atoms. The molecule has 3 nitrogen and oxygen atoms in total. The van der Waals surface area contributed by atoms with Crippen LogP contribution in [-0.2, 0) is 11.2 Å². The lowest BCUT2D eigenvalue weighted by atomic mass is 9.95. The Hall–Kier alpha value is -2.27. The summed E-state index contributed by atoms with van der Waals surface area (Å²) >= 11 is 0. The minimum Gasteiger partial charge on any atom is -0.384 e. The summed E-state index contributed by atoms with van der Waals surface area (Å²) in [5.41, 5.74) is 1.12. The van der Waals surface area contributed by atoms with E-state index >= 15 is 0 Å². The van der Waals surface area contributed by atoms with E-state index in [1.54, 1.807) is 12.1 Å². The Labute approximate surface area is 120 Å². The van der Waals surface area contributed by atoms with Crippen molar-refractivity contribution in [1.82, 2.24) is 0 Å². The fraction of sp³-hybridized carbons (Fsp3) is 0.188. The van der Waals surface area contributed by atoms with Gasteiger partial charge in [0.15, 0.2) is 0 Å². The molecule has 3 rings (SSSR count). The molecule has 108 valence electrons. The number of carbonyl (C=O) groups is 1. The second-order valence-electron chi connectivity index (χ2n) is 5.01. The Bertz CT molecular complexity index is 715. The van der Waals surface area contributed by atoms with Gasteiger partial charge >= 0.3 is 0 Å². The van der Waals surface area contributed by atoms with Crippen LogP contribution in [0.5, 0.6) is 0 Å². The number of benzene rings is 2. The Kier molecular flexibility index (Phi) is 3.43. The van der Waals surface area contributed by atoms with Crippen LogP contribution in [0.25, 0.3) is 0 Å². The second-order valence-corrected chi connectivity index (χ2v) is 5.01. The zero-order valence-corrected chi connectivity index (χ0v) is 11.1. The first kappa shape index (κ1) is 13.7. The number of hydrogen-bond acceptors (Lipinski definition) is 2. The summed E-state index contributed by atoms with van der Waals surface area (Å²) in [6, 6.07) is 8.56. The van der Waals surface area contributed by atoms with Crippen molar-refractivity contribution in [1.29, 1.82) is 0 Å². The molecule has 0 aromatic heterocycles. The van der Waals surface area contributed by atoms with Gasteiger partial charge in [0, 0.05) is 12.0 Å². The van der Waals surface area contributed by atoms with Gasteiger partial charge in [0.05, 0.1) is 5.69 Å². The Morgan fingerprint density at radius 3 is 2.62 bits per heavy atom. The van der Waals surface area contributed by atoms with Crippen molar-refractivity contribution in [3.8, 4) is 0 Å². The van der Waals surface area contributed by atoms with Gasteiger partial charge < -0.3 is 10.4 Å². The highest BCUT2D eigenvalue weighted by Gasteiger charge is 2.22. The third-order valence-electron chi connectivity index (χ3n) is 3.60. The summed E-state index contributed by atoms with van der Waals surface area (Å²) in [7, 11) is 0. The molecule has 0 saturated carbocycles. The molecule has 1 heterocycles. The van der Waals surface area contributed by atoms with Crippen LogP contribution < -0.4 is 5.32 Å². The molecule has 0 spiro atoms. The predicted octanol–water partition coefficient (Wildman–Crippen LogP) is 2.93. The molecule has 1 amide bonds. The maximum absolute atomic E-state index is 14.1. The third-order valence-corrected chi connectivity index (χ3v) is 3.60. The lowest BCUT2D eigenvalue weighted by molar-refractivity contribution is -0.116. The van der Waals surface area contributed by atoms with Crippen LogP contribution in [0.15, 0.2) is 36.4 Å². The number of halogens is 2. The largest absolute Gasteiger partial charge is 0.384 e. The summed E-state index contributed by atoms with van der Waals surface area (Å²) < 4.78 is 27.8. The molecule has 5 heteroatoms. The molecular formula is C16H13F2NO2. The van der Waals surface area contributed by atoms with Crippen LogP contribution in [0, 0.1) is 11.6 Å². The van der Waals surface area contributed by atoms with E-state index in [9.17, 15) is 18.7 Å². The van der Waals surface area contributed by atoms with Gasteiger partial charge in [-0.2, -0.15) is 0 Å². The molecule has 2 N–H and O–H groups in total. The highest BCUT2D eigenvalue weighted by Crippen LogP contribution is 2.32. The molecule has 0 fully saturated rings. The van der Waals surface area contributed by atoms with E-state index in [0.29, 0.717) is 12.0 Å². The first-order valence-corrected chi connectivity index (χ1v) is 6.61. The number of nitrogens with one attached hydrogen (secondary N) is 1. The monoisotopic (exact) mass is 289 g/mol. The highest BCUT2D eigenvalue weighted by molar-refractivity contribution is 5.94. The van der Waals surface area contributed by atoms with E-state index < -0.39 is 17.7 Å². The maximum Gasteiger partial charge on any atom is 0.224 e. The van der Waals surface area contributed by atoms with Crippen LogP contribution in [0.1, 0.15) is 29.2 Å². The van der Waals surface area contributed by atoms with Crippen LogP contribution in [-0.4, -0.2) is 11.0 Å². The van der Waals surface area contributed by atoms with E-state index in [-0.39, 0.29) is 29.1 Å². The number of carbonyl (C=O) groups excluding carboxylic acids is 1. The van der Waals surface area contributed by atoms with Crippen LogP contribution in [0.3, 0.4) is 0 Å². The standard InChI is InChI=1S/C16H13F2NO2/c17-12-4-2-1-3-11(12)16(21)10-7-9-5-6-14(20)19-15(9)13(18)8-10/h1-4,7-8,16,21H,5-6H2,(H,19,20). The van der Waals surface area contributed by atoms with Crippen molar-refractivity contribution in [3.05, 3.63) is 64.7 Å². The van der Waals surface area contributed by atoms with Crippen molar-refractivity contribution in [3.63, 3.8) is 0 Å². The zero-order valence-electron chi connectivity index (χ0n) is 11.1. The number of hydrogen-bond donors (Lipinski definition) is 2. The minimum absolute atomic E-state index is 0.0942. The summed E-state index contributed by atoms with van der Waals surface area (Å²) in [5.74, 6) is -1.40. The maximum atomic E-state index is 14.1. The number of rotatable bonds is 2. The van der Waals surface area contributed by atoms with Crippen molar-refractivity contribution in [2.75, 3.05) is 5.32 Å². The van der Waals surface area contributed by atoms with Crippen LogP contribution >= 0.6 is 0 Å². The van der Waals surface area contributed by atoms with Crippen molar-refractivity contribution >= 4 is 11.6 Å². The van der Waals surface area contributed by atoms with Gasteiger partial charge in [0.1, 0.15) is 17.7 Å². The zero-order chi connectivity index (χ0) is 15.0. The first-order chi connectivity index (χ1) is 10.1. The molecule has 1 unspecified atom stereocenters. The Morgan fingerprint density at radius 2 is 1.86 bits per heavy atom. The number of amides is 1. The third kappa shape index (κ3) is 2.52. The number of aliphatic hydroxyl groups excluding tert-OH is 1. The number of aryl methyl sites for hydroxylation is 1. The normalized spacial score (nSPS) is 15.3. The molecule has 0 aliphatic carbocycles. The minimum atomic E-state index is -1.25. The highest BCUT2D eigenvalue weighted by atomic mass is 19.1. The van der Waals surface area contributed by atoms with Gasteiger partial charge in [-0.25, -0.2) is 8.78 Å². The molecule has 1 aliphatic rings. The molecule has 2 aromatic rings. The molecular weight excluding hydrogens is 276 g/mol. The predicted molar refractivity (Wildman–Crippen MR) is 73.8 cm³/mol. The molecule has 21 heavy (non-hydrogen) atoms. The first-order valence-electron chi connectivity index (χ1n) is 6.61. The molecule has 0 saturated heterocycles. The SMILES string of the molecule is O=C1CCc2cc(C(O)c3ccccc3F)cc(F)c2N1. The number of fused-ring (bicyclic) bond motifs is 1. The molecule has 2 aromatic carbocycles. The van der Waals surface area contributed by atoms with Crippen molar-refractivity contribution in [2.24, 2.45) is 0 Å². The van der Waals surface area contributed by atoms with Gasteiger partial charge in [-0.1, -0.05) is 24.3 Å². The summed E-state index contributed by atoms with van der Waals surface area (Å²) in [4.78, 5) is 11.3. The average Bonchev–Trinajstić information content (AvgIpc) is 2.47. The molecule has 1 aliphatic heterocycles. The van der Waals surface area contributed by atoms with E-state index in [0.717, 1.165) is 6.07 Å². The lowest BCUT2D eigenvalue weighted by Gasteiger charge is -2.20. The van der Waals surface area contributed by atoms with Gasteiger partial charge in [-0.3, -0.25) is 4.79 Å². The van der Waals surface area contributed by atoms with Gasteiger partial charge in [0.2, 0.25) is 5.91 Å². The molecule has 1 atom stereocenters. The van der Waals surface area contributed by atoms with E-state index in [2.05, 4.69) is 5.32 Å². The fourth-order valence-corrected chi connectivity index (χ4v) is 2.51. The van der Waals surface area contributed by atoms with E-state index in [1.807, 2.05) is 0 Å². The summed E-state index contributed by atoms with van der Waals surface area (Å²) in [5, 5.41) is 12.7. The van der Waals surface area contributed by atoms with E-state index in [1.165, 1.54) is 18.2 Å². The summed E-state index contributed by atoms with van der Waals surface area (Å²) in [6.45, 7) is 0. The van der Waals surface area contributed by atoms with E-state index in [4.69, 9.17) is 0 Å². The average molecular weight is 289 g/mol. The van der Waals surface area contributed by atoms with Crippen molar-refractivity contribution in [2.45, 2.75) is 18.9 Å². The Morgan fingerprint density at radius 1 is 1.10 bits per heavy atom. The number of anilines is 1. The van der Waals surface area contributed by atoms with Gasteiger partial charge in [-0.15, -0.1) is 0 Å². The molecule has 0 radical (unpaired) electrons. The topological polar surface area (TPSA) is 49.3 Å². The lowest BCUT2D eigenvalue weighted by Crippen LogP contribution is -2.20. The van der Waals surface area contributed by atoms with Gasteiger partial charge in [0.25, 0.3) is 0 Å². The Balaban J connectivity index is 2.02. The van der Waals surface area contributed by atoms with Crippen LogP contribution in [0.2, 0.25) is 0 Å². The van der Waals surface area contributed by atoms with Crippen molar-refractivity contribution < 1.29 is 18.7 Å². The number of aliphatic hydroxyl groups is 1. The summed E-state index contributed by atoms with van der Waals surface area (Å²) in [6.07, 6.45) is -0.578.